The Balaban J connectivity index is 1.87. The van der Waals surface area contributed by atoms with Gasteiger partial charge in [-0.2, -0.15) is 0 Å². The molecular formula is C15H24. The second-order valence-corrected chi connectivity index (χ2v) is 5.55. The first-order chi connectivity index (χ1) is 7.29. The molecule has 2 aliphatic rings. The first kappa shape index (κ1) is 11.0. The van der Waals surface area contributed by atoms with E-state index in [0.29, 0.717) is 5.92 Å². The van der Waals surface area contributed by atoms with Gasteiger partial charge in [0.25, 0.3) is 0 Å². The van der Waals surface area contributed by atoms with Gasteiger partial charge in [0.05, 0.1) is 0 Å². The van der Waals surface area contributed by atoms with E-state index in [9.17, 15) is 0 Å². The molecular weight excluding hydrogens is 180 g/mol. The first-order valence-electron chi connectivity index (χ1n) is 6.60. The molecule has 84 valence electrons. The molecule has 2 atom stereocenters. The van der Waals surface area contributed by atoms with Crippen molar-refractivity contribution in [3.63, 3.8) is 0 Å². The molecule has 1 saturated carbocycles. The van der Waals surface area contributed by atoms with Crippen LogP contribution in [-0.4, -0.2) is 0 Å². The Morgan fingerprint density at radius 3 is 2.27 bits per heavy atom. The monoisotopic (exact) mass is 204 g/mol. The molecule has 0 radical (unpaired) electrons. The van der Waals surface area contributed by atoms with E-state index in [1.807, 2.05) is 0 Å². The summed E-state index contributed by atoms with van der Waals surface area (Å²) in [4.78, 5) is 0. The third-order valence-corrected chi connectivity index (χ3v) is 4.41. The fourth-order valence-electron chi connectivity index (χ4n) is 3.17. The Bertz CT molecular complexity index is 230. The third kappa shape index (κ3) is 2.74. The molecule has 2 aliphatic carbocycles. The van der Waals surface area contributed by atoms with Crippen LogP contribution in [0.15, 0.2) is 24.8 Å². The summed E-state index contributed by atoms with van der Waals surface area (Å²) in [6.45, 7) is 6.28. The average Bonchev–Trinajstić information content (AvgIpc) is 2.30. The minimum absolute atomic E-state index is 0.656. The van der Waals surface area contributed by atoms with E-state index in [2.05, 4.69) is 31.7 Å². The van der Waals surface area contributed by atoms with Crippen LogP contribution in [0.1, 0.15) is 45.4 Å². The zero-order valence-corrected chi connectivity index (χ0v) is 9.99. The van der Waals surface area contributed by atoms with Crippen molar-refractivity contribution < 1.29 is 0 Å². The lowest BCUT2D eigenvalue weighted by molar-refractivity contribution is 0.224. The van der Waals surface area contributed by atoms with E-state index in [4.69, 9.17) is 0 Å². The van der Waals surface area contributed by atoms with Gasteiger partial charge in [-0.3, -0.25) is 0 Å². The van der Waals surface area contributed by atoms with Crippen LogP contribution in [0, 0.1) is 23.7 Å². The molecule has 0 aromatic heterocycles. The summed E-state index contributed by atoms with van der Waals surface area (Å²) in [6.07, 6.45) is 15.5. The van der Waals surface area contributed by atoms with Crippen molar-refractivity contribution in [1.82, 2.24) is 0 Å². The lowest BCUT2D eigenvalue weighted by Gasteiger charge is -2.33. The largest absolute Gasteiger partial charge is 0.102 e. The van der Waals surface area contributed by atoms with E-state index in [1.54, 1.807) is 0 Å². The van der Waals surface area contributed by atoms with Gasteiger partial charge < -0.3 is 0 Å². The Morgan fingerprint density at radius 1 is 1.00 bits per heavy atom. The van der Waals surface area contributed by atoms with Crippen molar-refractivity contribution in [1.29, 1.82) is 0 Å². The van der Waals surface area contributed by atoms with Crippen molar-refractivity contribution in [2.45, 2.75) is 45.4 Å². The minimum Gasteiger partial charge on any atom is -0.102 e. The van der Waals surface area contributed by atoms with Crippen molar-refractivity contribution in [3.8, 4) is 0 Å². The SMILES string of the molecule is C=CC1C=CC(C2CCC(C)CC2)CC1. The normalized spacial score (nSPS) is 41.4. The molecule has 0 nitrogen and oxygen atoms in total. The molecule has 0 N–H and O–H groups in total. The number of hydrogen-bond acceptors (Lipinski definition) is 0. The van der Waals surface area contributed by atoms with Crippen molar-refractivity contribution >= 4 is 0 Å². The van der Waals surface area contributed by atoms with E-state index in [-0.39, 0.29) is 0 Å². The lowest BCUT2D eigenvalue weighted by atomic mass is 9.72. The number of allylic oxidation sites excluding steroid dienone is 3. The van der Waals surface area contributed by atoms with Crippen LogP contribution in [0.25, 0.3) is 0 Å². The molecule has 0 aliphatic heterocycles. The molecule has 0 amide bonds. The molecule has 0 heterocycles. The van der Waals surface area contributed by atoms with Crippen molar-refractivity contribution in [2.75, 3.05) is 0 Å². The Labute approximate surface area is 94.5 Å². The van der Waals surface area contributed by atoms with Gasteiger partial charge in [0.2, 0.25) is 0 Å². The molecule has 2 unspecified atom stereocenters. The van der Waals surface area contributed by atoms with E-state index < -0.39 is 0 Å². The van der Waals surface area contributed by atoms with Crippen molar-refractivity contribution in [3.05, 3.63) is 24.8 Å². The maximum atomic E-state index is 3.88. The summed E-state index contributed by atoms with van der Waals surface area (Å²) >= 11 is 0. The molecule has 0 spiro atoms. The quantitative estimate of drug-likeness (QED) is 0.577. The molecule has 0 saturated heterocycles. The Hall–Kier alpha value is -0.520. The predicted octanol–water partition coefficient (Wildman–Crippen LogP) is 4.58. The fourth-order valence-corrected chi connectivity index (χ4v) is 3.17. The topological polar surface area (TPSA) is 0 Å². The highest BCUT2D eigenvalue weighted by atomic mass is 14.3. The second kappa shape index (κ2) is 5.01. The standard InChI is InChI=1S/C15H24/c1-3-13-6-10-15(11-7-13)14-8-4-12(2)5-9-14/h3,6,10,12-15H,1,4-5,7-9,11H2,2H3. The van der Waals surface area contributed by atoms with Crippen LogP contribution in [0.5, 0.6) is 0 Å². The van der Waals surface area contributed by atoms with Gasteiger partial charge in [0.1, 0.15) is 0 Å². The Morgan fingerprint density at radius 2 is 1.73 bits per heavy atom. The maximum absolute atomic E-state index is 3.88. The molecule has 0 aromatic rings. The van der Waals surface area contributed by atoms with Gasteiger partial charge in [-0.05, 0) is 49.4 Å². The predicted molar refractivity (Wildman–Crippen MR) is 66.7 cm³/mol. The van der Waals surface area contributed by atoms with Gasteiger partial charge in [-0.1, -0.05) is 38.0 Å². The third-order valence-electron chi connectivity index (χ3n) is 4.41. The molecule has 2 rings (SSSR count). The van der Waals surface area contributed by atoms with Crippen LogP contribution in [0.2, 0.25) is 0 Å². The zero-order chi connectivity index (χ0) is 10.7. The summed E-state index contributed by atoms with van der Waals surface area (Å²) in [5, 5.41) is 0. The lowest BCUT2D eigenvalue weighted by Crippen LogP contribution is -2.22. The average molecular weight is 204 g/mol. The van der Waals surface area contributed by atoms with E-state index in [1.165, 1.54) is 38.5 Å². The van der Waals surface area contributed by atoms with Crippen LogP contribution in [0.4, 0.5) is 0 Å². The van der Waals surface area contributed by atoms with Gasteiger partial charge in [-0.25, -0.2) is 0 Å². The molecule has 0 heteroatoms. The summed E-state index contributed by atoms with van der Waals surface area (Å²) in [7, 11) is 0. The van der Waals surface area contributed by atoms with E-state index >= 15 is 0 Å². The fraction of sp³-hybridized carbons (Fsp3) is 0.733. The Kier molecular flexibility index (Phi) is 3.66. The van der Waals surface area contributed by atoms with Crippen LogP contribution in [0.3, 0.4) is 0 Å². The number of hydrogen-bond donors (Lipinski definition) is 0. The highest BCUT2D eigenvalue weighted by Crippen LogP contribution is 2.38. The van der Waals surface area contributed by atoms with Gasteiger partial charge >= 0.3 is 0 Å². The maximum Gasteiger partial charge on any atom is -0.00559 e. The summed E-state index contributed by atoms with van der Waals surface area (Å²) in [5.41, 5.74) is 0. The number of rotatable bonds is 2. The van der Waals surface area contributed by atoms with Crippen LogP contribution >= 0.6 is 0 Å². The highest BCUT2D eigenvalue weighted by molar-refractivity contribution is 5.05. The zero-order valence-electron chi connectivity index (χ0n) is 9.99. The highest BCUT2D eigenvalue weighted by Gasteiger charge is 2.26. The van der Waals surface area contributed by atoms with Crippen LogP contribution in [-0.2, 0) is 0 Å². The van der Waals surface area contributed by atoms with E-state index in [0.717, 1.165) is 17.8 Å². The molecule has 1 fully saturated rings. The molecule has 0 bridgehead atoms. The summed E-state index contributed by atoms with van der Waals surface area (Å²) < 4.78 is 0. The van der Waals surface area contributed by atoms with Crippen molar-refractivity contribution in [2.24, 2.45) is 23.7 Å². The smallest absolute Gasteiger partial charge is 0.00559 e. The minimum atomic E-state index is 0.656. The molecule has 0 aromatic carbocycles. The first-order valence-corrected chi connectivity index (χ1v) is 6.60. The summed E-state index contributed by atoms with van der Waals surface area (Å²) in [6, 6.07) is 0. The van der Waals surface area contributed by atoms with Gasteiger partial charge in [0, 0.05) is 0 Å². The summed E-state index contributed by atoms with van der Waals surface area (Å²) in [5.74, 6) is 3.51. The van der Waals surface area contributed by atoms with Gasteiger partial charge in [0.15, 0.2) is 0 Å². The second-order valence-electron chi connectivity index (χ2n) is 5.55. The van der Waals surface area contributed by atoms with Crippen LogP contribution < -0.4 is 0 Å². The molecule has 15 heavy (non-hydrogen) atoms. The van der Waals surface area contributed by atoms with Gasteiger partial charge in [-0.15, -0.1) is 6.58 Å².